The Hall–Kier alpha value is -3.27. The van der Waals surface area contributed by atoms with Crippen LogP contribution in [0.4, 0.5) is 0 Å². The molecule has 4 heteroatoms. The number of ether oxygens (including phenoxy) is 1. The molecule has 0 spiro atoms. The van der Waals surface area contributed by atoms with E-state index in [0.29, 0.717) is 18.7 Å². The number of aromatic nitrogens is 1. The summed E-state index contributed by atoms with van der Waals surface area (Å²) in [4.78, 5) is 12.1. The molecule has 1 aromatic heterocycles. The first kappa shape index (κ1) is 19.1. The molecular weight excluding hydrogens is 360 g/mol. The SMILES string of the molecule is CCCc1ccc2c3c(C(N)=O)cccc3n(Cc3ccc(OCC)cc3)c2c1. The third-order valence-electron chi connectivity index (χ3n) is 5.33. The van der Waals surface area contributed by atoms with Crippen molar-refractivity contribution in [1.29, 1.82) is 0 Å². The molecule has 0 fully saturated rings. The lowest BCUT2D eigenvalue weighted by molar-refractivity contribution is 0.100. The van der Waals surface area contributed by atoms with Crippen LogP contribution in [0.2, 0.25) is 0 Å². The van der Waals surface area contributed by atoms with Gasteiger partial charge in [0.15, 0.2) is 0 Å². The quantitative estimate of drug-likeness (QED) is 0.469. The number of aryl methyl sites for hydroxylation is 1. The predicted octanol–water partition coefficient (Wildman–Crippen LogP) is 5.29. The number of nitrogens with two attached hydrogens (primary N) is 1. The zero-order chi connectivity index (χ0) is 20.4. The standard InChI is InChI=1S/C25H26N2O2/c1-3-6-17-11-14-20-23(15-17)27(16-18-9-12-19(13-10-18)29-4-2)22-8-5-7-21(24(20)22)25(26)28/h5,7-15H,3-4,6,16H2,1-2H3,(H2,26,28). The molecule has 0 aliphatic heterocycles. The molecular formula is C25H26N2O2. The van der Waals surface area contributed by atoms with Crippen molar-refractivity contribution >= 4 is 27.7 Å². The molecule has 0 radical (unpaired) electrons. The van der Waals surface area contributed by atoms with Crippen molar-refractivity contribution in [2.45, 2.75) is 33.2 Å². The highest BCUT2D eigenvalue weighted by Crippen LogP contribution is 2.33. The van der Waals surface area contributed by atoms with Crippen LogP contribution in [-0.2, 0) is 13.0 Å². The molecule has 0 saturated carbocycles. The summed E-state index contributed by atoms with van der Waals surface area (Å²) < 4.78 is 7.85. The van der Waals surface area contributed by atoms with Crippen LogP contribution in [0.3, 0.4) is 0 Å². The average Bonchev–Trinajstić information content (AvgIpc) is 3.03. The van der Waals surface area contributed by atoms with Gasteiger partial charge in [0.25, 0.3) is 0 Å². The highest BCUT2D eigenvalue weighted by molar-refractivity contribution is 6.17. The third kappa shape index (κ3) is 3.58. The Morgan fingerprint density at radius 3 is 2.41 bits per heavy atom. The van der Waals surface area contributed by atoms with Crippen LogP contribution in [0.5, 0.6) is 5.75 Å². The van der Waals surface area contributed by atoms with Crippen LogP contribution in [0.1, 0.15) is 41.8 Å². The maximum Gasteiger partial charge on any atom is 0.249 e. The van der Waals surface area contributed by atoms with E-state index in [1.165, 1.54) is 11.1 Å². The molecule has 4 nitrogen and oxygen atoms in total. The molecule has 0 aliphatic carbocycles. The van der Waals surface area contributed by atoms with Gasteiger partial charge in [0.2, 0.25) is 5.91 Å². The van der Waals surface area contributed by atoms with Crippen molar-refractivity contribution in [1.82, 2.24) is 4.57 Å². The van der Waals surface area contributed by atoms with E-state index in [4.69, 9.17) is 10.5 Å². The first-order chi connectivity index (χ1) is 14.1. The lowest BCUT2D eigenvalue weighted by atomic mass is 10.0. The van der Waals surface area contributed by atoms with Crippen molar-refractivity contribution in [2.75, 3.05) is 6.61 Å². The minimum atomic E-state index is -0.395. The highest BCUT2D eigenvalue weighted by Gasteiger charge is 2.17. The zero-order valence-corrected chi connectivity index (χ0v) is 16.9. The molecule has 3 aromatic carbocycles. The van der Waals surface area contributed by atoms with Crippen LogP contribution >= 0.6 is 0 Å². The number of fused-ring (bicyclic) bond motifs is 3. The van der Waals surface area contributed by atoms with Crippen molar-refractivity contribution in [3.63, 3.8) is 0 Å². The summed E-state index contributed by atoms with van der Waals surface area (Å²) in [7, 11) is 0. The normalized spacial score (nSPS) is 11.2. The van der Waals surface area contributed by atoms with Gasteiger partial charge in [-0.2, -0.15) is 0 Å². The summed E-state index contributed by atoms with van der Waals surface area (Å²) in [6.07, 6.45) is 2.13. The Bertz CT molecular complexity index is 1170. The van der Waals surface area contributed by atoms with Crippen LogP contribution in [-0.4, -0.2) is 17.1 Å². The zero-order valence-electron chi connectivity index (χ0n) is 16.9. The molecule has 148 valence electrons. The minimum absolute atomic E-state index is 0.395. The molecule has 0 saturated heterocycles. The second-order valence-corrected chi connectivity index (χ2v) is 7.33. The van der Waals surface area contributed by atoms with Gasteiger partial charge < -0.3 is 15.0 Å². The summed E-state index contributed by atoms with van der Waals surface area (Å²) >= 11 is 0. The number of hydrogen-bond donors (Lipinski definition) is 1. The van der Waals surface area contributed by atoms with Crippen LogP contribution in [0, 0.1) is 0 Å². The predicted molar refractivity (Wildman–Crippen MR) is 119 cm³/mol. The van der Waals surface area contributed by atoms with Crippen LogP contribution in [0.25, 0.3) is 21.8 Å². The van der Waals surface area contributed by atoms with Gasteiger partial charge in [-0.1, -0.05) is 43.7 Å². The second kappa shape index (κ2) is 8.00. The molecule has 29 heavy (non-hydrogen) atoms. The summed E-state index contributed by atoms with van der Waals surface area (Å²) in [5.41, 5.74) is 10.9. The molecule has 0 unspecified atom stereocenters. The molecule has 4 rings (SSSR count). The van der Waals surface area contributed by atoms with E-state index in [1.807, 2.05) is 31.2 Å². The fourth-order valence-corrected chi connectivity index (χ4v) is 4.05. The van der Waals surface area contributed by atoms with E-state index in [-0.39, 0.29) is 0 Å². The number of amides is 1. The Morgan fingerprint density at radius 2 is 1.72 bits per heavy atom. The number of benzene rings is 3. The smallest absolute Gasteiger partial charge is 0.249 e. The molecule has 1 heterocycles. The van der Waals surface area contributed by atoms with E-state index in [1.54, 1.807) is 0 Å². The Kier molecular flexibility index (Phi) is 5.26. The van der Waals surface area contributed by atoms with Gasteiger partial charge in [-0.25, -0.2) is 0 Å². The van der Waals surface area contributed by atoms with Crippen LogP contribution in [0.15, 0.2) is 60.7 Å². The van der Waals surface area contributed by atoms with Crippen molar-refractivity contribution < 1.29 is 9.53 Å². The molecule has 2 N–H and O–H groups in total. The number of carbonyl (C=O) groups excluding carboxylic acids is 1. The largest absolute Gasteiger partial charge is 0.494 e. The van der Waals surface area contributed by atoms with E-state index in [2.05, 4.69) is 47.9 Å². The summed E-state index contributed by atoms with van der Waals surface area (Å²) in [6.45, 7) is 5.54. The number of nitrogens with zero attached hydrogens (tertiary/aromatic N) is 1. The molecule has 4 aromatic rings. The molecule has 1 amide bonds. The monoisotopic (exact) mass is 386 g/mol. The second-order valence-electron chi connectivity index (χ2n) is 7.33. The Balaban J connectivity index is 1.90. The summed E-state index contributed by atoms with van der Waals surface area (Å²) in [6, 6.07) is 20.5. The Morgan fingerprint density at radius 1 is 0.966 bits per heavy atom. The fraction of sp³-hybridized carbons (Fsp3) is 0.240. The number of carbonyl (C=O) groups is 1. The molecule has 0 bridgehead atoms. The maximum atomic E-state index is 12.1. The van der Waals surface area contributed by atoms with Crippen molar-refractivity contribution in [2.24, 2.45) is 5.73 Å². The first-order valence-corrected chi connectivity index (χ1v) is 10.2. The minimum Gasteiger partial charge on any atom is -0.494 e. The van der Waals surface area contributed by atoms with E-state index in [9.17, 15) is 4.79 Å². The maximum absolute atomic E-state index is 12.1. The number of hydrogen-bond acceptors (Lipinski definition) is 2. The van der Waals surface area contributed by atoms with Gasteiger partial charge in [-0.15, -0.1) is 0 Å². The van der Waals surface area contributed by atoms with Gasteiger partial charge in [-0.05, 0) is 54.8 Å². The van der Waals surface area contributed by atoms with E-state index < -0.39 is 5.91 Å². The average molecular weight is 386 g/mol. The topological polar surface area (TPSA) is 57.2 Å². The first-order valence-electron chi connectivity index (χ1n) is 10.2. The molecule has 0 aliphatic rings. The van der Waals surface area contributed by atoms with Gasteiger partial charge in [0.1, 0.15) is 5.75 Å². The molecule has 0 atom stereocenters. The van der Waals surface area contributed by atoms with Gasteiger partial charge in [0, 0.05) is 28.4 Å². The van der Waals surface area contributed by atoms with E-state index >= 15 is 0 Å². The lowest BCUT2D eigenvalue weighted by Crippen LogP contribution is -2.11. The fourth-order valence-electron chi connectivity index (χ4n) is 4.05. The lowest BCUT2D eigenvalue weighted by Gasteiger charge is -2.10. The summed E-state index contributed by atoms with van der Waals surface area (Å²) in [5.74, 6) is 0.480. The van der Waals surface area contributed by atoms with Gasteiger partial charge in [0.05, 0.1) is 12.1 Å². The third-order valence-corrected chi connectivity index (χ3v) is 5.33. The highest BCUT2D eigenvalue weighted by atomic mass is 16.5. The van der Waals surface area contributed by atoms with Crippen LogP contribution < -0.4 is 10.5 Å². The van der Waals surface area contributed by atoms with Crippen molar-refractivity contribution in [3.8, 4) is 5.75 Å². The van der Waals surface area contributed by atoms with E-state index in [0.717, 1.165) is 40.4 Å². The summed E-state index contributed by atoms with van der Waals surface area (Å²) in [5, 5.41) is 2.00. The number of rotatable bonds is 7. The number of primary amides is 1. The Labute approximate surface area is 170 Å². The van der Waals surface area contributed by atoms with Gasteiger partial charge in [-0.3, -0.25) is 4.79 Å². The van der Waals surface area contributed by atoms with Crippen molar-refractivity contribution in [3.05, 3.63) is 77.4 Å². The van der Waals surface area contributed by atoms with Gasteiger partial charge >= 0.3 is 0 Å².